The predicted octanol–water partition coefficient (Wildman–Crippen LogP) is 3.16. The van der Waals surface area contributed by atoms with Gasteiger partial charge in [-0.15, -0.1) is 0 Å². The highest BCUT2D eigenvalue weighted by Crippen LogP contribution is 2.48. The molecule has 0 bridgehead atoms. The van der Waals surface area contributed by atoms with Crippen LogP contribution in [0.2, 0.25) is 0 Å². The van der Waals surface area contributed by atoms with E-state index < -0.39 is 0 Å². The summed E-state index contributed by atoms with van der Waals surface area (Å²) in [5.41, 5.74) is 4.16. The number of rotatable bonds is 5. The van der Waals surface area contributed by atoms with Gasteiger partial charge < -0.3 is 4.74 Å². The number of hydrazine groups is 1. The van der Waals surface area contributed by atoms with Crippen LogP contribution in [0.3, 0.4) is 0 Å². The normalized spacial score (nSPS) is 22.2. The van der Waals surface area contributed by atoms with Gasteiger partial charge in [-0.2, -0.15) is 5.10 Å². The van der Waals surface area contributed by atoms with Gasteiger partial charge in [-0.3, -0.25) is 10.5 Å². The number of aryl methyl sites for hydroxylation is 1. The van der Waals surface area contributed by atoms with Crippen LogP contribution in [0.15, 0.2) is 10.7 Å². The molecule has 1 aromatic rings. The van der Waals surface area contributed by atoms with Crippen molar-refractivity contribution in [3.8, 4) is 0 Å². The number of nitrogens with two attached hydrogens (primary N) is 1. The third kappa shape index (κ3) is 3.18. The van der Waals surface area contributed by atoms with Gasteiger partial charge in [0.25, 0.3) is 0 Å². The van der Waals surface area contributed by atoms with Gasteiger partial charge in [0, 0.05) is 13.7 Å². The summed E-state index contributed by atoms with van der Waals surface area (Å²) in [4.78, 5) is 0. The Kier molecular flexibility index (Phi) is 5.13. The minimum absolute atomic E-state index is 0.0737. The highest BCUT2D eigenvalue weighted by Gasteiger charge is 2.46. The molecule has 0 aromatic carbocycles. The summed E-state index contributed by atoms with van der Waals surface area (Å²) in [6.07, 6.45) is 6.09. The van der Waals surface area contributed by atoms with Crippen LogP contribution in [-0.2, 0) is 11.3 Å². The minimum Gasteiger partial charge on any atom is -0.376 e. The number of aromatic nitrogens is 2. The molecule has 0 amide bonds. The predicted molar refractivity (Wildman–Crippen MR) is 87.7 cm³/mol. The molecule has 120 valence electrons. The molecule has 0 saturated heterocycles. The largest absolute Gasteiger partial charge is 0.376 e. The van der Waals surface area contributed by atoms with Crippen LogP contribution in [0.5, 0.6) is 0 Å². The molecule has 21 heavy (non-hydrogen) atoms. The first-order chi connectivity index (χ1) is 9.89. The van der Waals surface area contributed by atoms with Crippen LogP contribution >= 0.6 is 15.9 Å². The SMILES string of the molecule is CCn1ncc(Br)c1C(NN)C1(OC)CCC(C)(C)CC1. The molecule has 1 heterocycles. The maximum Gasteiger partial charge on any atom is 0.0929 e. The lowest BCUT2D eigenvalue weighted by Gasteiger charge is -2.46. The highest BCUT2D eigenvalue weighted by molar-refractivity contribution is 9.10. The van der Waals surface area contributed by atoms with E-state index in [-0.39, 0.29) is 11.6 Å². The Labute approximate surface area is 135 Å². The first-order valence-electron chi connectivity index (χ1n) is 7.61. The summed E-state index contributed by atoms with van der Waals surface area (Å²) < 4.78 is 8.96. The van der Waals surface area contributed by atoms with Crippen LogP contribution in [0.4, 0.5) is 0 Å². The van der Waals surface area contributed by atoms with Crippen LogP contribution < -0.4 is 11.3 Å². The summed E-state index contributed by atoms with van der Waals surface area (Å²) >= 11 is 3.61. The highest BCUT2D eigenvalue weighted by atomic mass is 79.9. The van der Waals surface area contributed by atoms with E-state index in [0.717, 1.165) is 42.4 Å². The lowest BCUT2D eigenvalue weighted by atomic mass is 9.68. The van der Waals surface area contributed by atoms with Crippen molar-refractivity contribution in [1.29, 1.82) is 0 Å². The molecular weight excluding hydrogens is 332 g/mol. The van der Waals surface area contributed by atoms with Crippen molar-refractivity contribution in [3.05, 3.63) is 16.4 Å². The van der Waals surface area contributed by atoms with E-state index >= 15 is 0 Å². The molecule has 1 aromatic heterocycles. The number of nitrogens with one attached hydrogen (secondary N) is 1. The zero-order valence-electron chi connectivity index (χ0n) is 13.4. The molecular formula is C15H27BrN4O. The Bertz CT molecular complexity index is 476. The van der Waals surface area contributed by atoms with E-state index in [1.807, 2.05) is 10.9 Å². The molecule has 1 fully saturated rings. The summed E-state index contributed by atoms with van der Waals surface area (Å²) in [6, 6.07) is -0.0737. The van der Waals surface area contributed by atoms with Gasteiger partial charge in [-0.05, 0) is 54.0 Å². The lowest BCUT2D eigenvalue weighted by molar-refractivity contribution is -0.0895. The summed E-state index contributed by atoms with van der Waals surface area (Å²) in [6.45, 7) is 7.54. The Morgan fingerprint density at radius 1 is 1.43 bits per heavy atom. The van der Waals surface area contributed by atoms with Crippen LogP contribution in [0.25, 0.3) is 0 Å². The zero-order chi connectivity index (χ0) is 15.7. The average Bonchev–Trinajstić information content (AvgIpc) is 2.83. The second-order valence-corrected chi connectivity index (χ2v) is 7.58. The molecule has 1 aliphatic carbocycles. The van der Waals surface area contributed by atoms with Gasteiger partial charge >= 0.3 is 0 Å². The molecule has 1 aliphatic rings. The van der Waals surface area contributed by atoms with Crippen molar-refractivity contribution in [1.82, 2.24) is 15.2 Å². The van der Waals surface area contributed by atoms with Crippen LogP contribution in [0, 0.1) is 5.41 Å². The number of hydrogen-bond acceptors (Lipinski definition) is 4. The third-order valence-electron chi connectivity index (χ3n) is 4.96. The van der Waals surface area contributed by atoms with Crippen molar-refractivity contribution >= 4 is 15.9 Å². The van der Waals surface area contributed by atoms with Gasteiger partial charge in [0.15, 0.2) is 0 Å². The second kappa shape index (κ2) is 6.36. The minimum atomic E-state index is -0.278. The van der Waals surface area contributed by atoms with E-state index in [1.54, 1.807) is 7.11 Å². The van der Waals surface area contributed by atoms with Gasteiger partial charge in [0.2, 0.25) is 0 Å². The quantitative estimate of drug-likeness (QED) is 0.626. The number of nitrogens with zero attached hydrogens (tertiary/aromatic N) is 2. The van der Waals surface area contributed by atoms with Crippen LogP contribution in [0.1, 0.15) is 58.2 Å². The molecule has 5 nitrogen and oxygen atoms in total. The van der Waals surface area contributed by atoms with Crippen molar-refractivity contribution in [3.63, 3.8) is 0 Å². The number of hydrogen-bond donors (Lipinski definition) is 2. The van der Waals surface area contributed by atoms with Gasteiger partial charge in [0.1, 0.15) is 0 Å². The fraction of sp³-hybridized carbons (Fsp3) is 0.800. The number of halogens is 1. The summed E-state index contributed by atoms with van der Waals surface area (Å²) in [7, 11) is 1.79. The zero-order valence-corrected chi connectivity index (χ0v) is 15.0. The smallest absolute Gasteiger partial charge is 0.0929 e. The number of ether oxygens (including phenoxy) is 1. The van der Waals surface area contributed by atoms with Crippen LogP contribution in [-0.4, -0.2) is 22.5 Å². The van der Waals surface area contributed by atoms with Gasteiger partial charge in [-0.1, -0.05) is 13.8 Å². The average molecular weight is 359 g/mol. The summed E-state index contributed by atoms with van der Waals surface area (Å²) in [5.74, 6) is 5.92. The van der Waals surface area contributed by atoms with Crippen molar-refractivity contribution in [2.45, 2.75) is 64.6 Å². The molecule has 0 spiro atoms. The third-order valence-corrected chi connectivity index (χ3v) is 5.57. The Morgan fingerprint density at radius 3 is 2.52 bits per heavy atom. The maximum absolute atomic E-state index is 6.00. The van der Waals surface area contributed by atoms with Crippen molar-refractivity contribution in [2.24, 2.45) is 11.3 Å². The van der Waals surface area contributed by atoms with Gasteiger partial charge in [0.05, 0.1) is 28.0 Å². The Balaban J connectivity index is 2.36. The van der Waals surface area contributed by atoms with E-state index in [9.17, 15) is 0 Å². The molecule has 0 radical (unpaired) electrons. The topological polar surface area (TPSA) is 65.1 Å². The molecule has 3 N–H and O–H groups in total. The standard InChI is InChI=1S/C15H27BrN4O/c1-5-20-12(11(16)10-18-20)13(19-17)15(21-4)8-6-14(2,3)7-9-15/h10,13,19H,5-9,17H2,1-4H3. The van der Waals surface area contributed by atoms with Crippen molar-refractivity contribution < 1.29 is 4.74 Å². The molecule has 6 heteroatoms. The second-order valence-electron chi connectivity index (χ2n) is 6.73. The lowest BCUT2D eigenvalue weighted by Crippen LogP contribution is -2.51. The monoisotopic (exact) mass is 358 g/mol. The Morgan fingerprint density at radius 2 is 2.05 bits per heavy atom. The molecule has 2 rings (SSSR count). The Hall–Kier alpha value is -0.430. The van der Waals surface area contributed by atoms with E-state index in [4.69, 9.17) is 10.6 Å². The van der Waals surface area contributed by atoms with E-state index in [2.05, 4.69) is 47.2 Å². The first kappa shape index (κ1) is 16.9. The van der Waals surface area contributed by atoms with Gasteiger partial charge in [-0.25, -0.2) is 5.43 Å². The van der Waals surface area contributed by atoms with Crippen molar-refractivity contribution in [2.75, 3.05) is 7.11 Å². The van der Waals surface area contributed by atoms with E-state index in [1.165, 1.54) is 0 Å². The molecule has 0 aliphatic heterocycles. The molecule has 1 unspecified atom stereocenters. The van der Waals surface area contributed by atoms with E-state index in [0.29, 0.717) is 5.41 Å². The fourth-order valence-electron chi connectivity index (χ4n) is 3.35. The first-order valence-corrected chi connectivity index (χ1v) is 8.41. The molecule has 1 atom stereocenters. The maximum atomic E-state index is 6.00. The summed E-state index contributed by atoms with van der Waals surface area (Å²) in [5, 5.41) is 4.41. The fourth-order valence-corrected chi connectivity index (χ4v) is 3.88. The number of methoxy groups -OCH3 is 1. The molecule has 1 saturated carbocycles.